The molecule has 5 heteroatoms. The second-order valence-electron chi connectivity index (χ2n) is 4.87. The molecule has 0 amide bonds. The highest BCUT2D eigenvalue weighted by Gasteiger charge is 2.13. The smallest absolute Gasteiger partial charge is 0.379 e. The highest BCUT2D eigenvalue weighted by molar-refractivity contribution is 9.10. The summed E-state index contributed by atoms with van der Waals surface area (Å²) in [5.41, 5.74) is 0. The molecule has 0 bridgehead atoms. The molecular weight excluding hydrogens is 348 g/mol. The first-order valence-corrected chi connectivity index (χ1v) is 8.18. The first kappa shape index (κ1) is 16.6. The minimum atomic E-state index is -0.529. The second kappa shape index (κ2) is 8.63. The van der Waals surface area contributed by atoms with E-state index in [0.717, 1.165) is 12.2 Å². The Morgan fingerprint density at radius 1 is 1.05 bits per heavy atom. The molecule has 1 heterocycles. The molecule has 0 saturated carbocycles. The van der Waals surface area contributed by atoms with Crippen LogP contribution in [-0.4, -0.2) is 12.6 Å². The van der Waals surface area contributed by atoms with E-state index in [1.807, 2.05) is 0 Å². The average Bonchev–Trinajstić information content (AvgIpc) is 2.95. The van der Waals surface area contributed by atoms with E-state index in [1.165, 1.54) is 19.3 Å². The zero-order valence-electron chi connectivity index (χ0n) is 12.5. The van der Waals surface area contributed by atoms with Gasteiger partial charge in [-0.25, -0.2) is 4.79 Å². The molecule has 0 atom stereocenters. The van der Waals surface area contributed by atoms with Crippen LogP contribution in [0.15, 0.2) is 45.5 Å². The summed E-state index contributed by atoms with van der Waals surface area (Å²) >= 11 is 3.14. The molecule has 0 aliphatic rings. The standard InChI is InChI=1S/C17H19BrO4/c1-2-3-4-5-12-20-13-6-8-14(9-7-13)21-17(19)15-10-11-16(18)22-15/h6-11H,2-5,12H2,1H3. The lowest BCUT2D eigenvalue weighted by Gasteiger charge is -2.07. The number of rotatable bonds is 8. The number of benzene rings is 1. The fourth-order valence-electron chi connectivity index (χ4n) is 1.90. The van der Waals surface area contributed by atoms with Crippen molar-refractivity contribution in [1.82, 2.24) is 0 Å². The van der Waals surface area contributed by atoms with Gasteiger partial charge in [0.05, 0.1) is 6.61 Å². The Morgan fingerprint density at radius 2 is 1.77 bits per heavy atom. The number of furan rings is 1. The van der Waals surface area contributed by atoms with E-state index in [-0.39, 0.29) is 5.76 Å². The topological polar surface area (TPSA) is 48.7 Å². The van der Waals surface area contributed by atoms with E-state index >= 15 is 0 Å². The minimum absolute atomic E-state index is 0.156. The molecule has 2 aromatic rings. The van der Waals surface area contributed by atoms with Crippen LogP contribution in [0.1, 0.15) is 43.2 Å². The third-order valence-corrected chi connectivity index (χ3v) is 3.50. The molecular formula is C17H19BrO4. The number of hydrogen-bond donors (Lipinski definition) is 0. The lowest BCUT2D eigenvalue weighted by atomic mass is 10.2. The molecule has 0 spiro atoms. The molecule has 118 valence electrons. The monoisotopic (exact) mass is 366 g/mol. The van der Waals surface area contributed by atoms with Gasteiger partial charge in [0, 0.05) is 0 Å². The van der Waals surface area contributed by atoms with Gasteiger partial charge in [-0.1, -0.05) is 26.2 Å². The maximum Gasteiger partial charge on any atom is 0.379 e. The van der Waals surface area contributed by atoms with Crippen LogP contribution in [0, 0.1) is 0 Å². The molecule has 2 rings (SSSR count). The third-order valence-electron chi connectivity index (χ3n) is 3.08. The fourth-order valence-corrected chi connectivity index (χ4v) is 2.21. The molecule has 0 aliphatic carbocycles. The molecule has 0 N–H and O–H groups in total. The van der Waals surface area contributed by atoms with Crippen molar-refractivity contribution in [2.75, 3.05) is 6.61 Å². The van der Waals surface area contributed by atoms with Crippen LogP contribution in [0.25, 0.3) is 0 Å². The molecule has 1 aromatic carbocycles. The number of carbonyl (C=O) groups is 1. The van der Waals surface area contributed by atoms with E-state index in [4.69, 9.17) is 13.9 Å². The first-order chi connectivity index (χ1) is 10.7. The Morgan fingerprint density at radius 3 is 2.41 bits per heavy atom. The molecule has 0 saturated heterocycles. The zero-order valence-corrected chi connectivity index (χ0v) is 14.1. The quantitative estimate of drug-likeness (QED) is 0.365. The Hall–Kier alpha value is -1.75. The van der Waals surface area contributed by atoms with Gasteiger partial charge < -0.3 is 13.9 Å². The van der Waals surface area contributed by atoms with E-state index in [0.29, 0.717) is 17.0 Å². The molecule has 0 aliphatic heterocycles. The summed E-state index contributed by atoms with van der Waals surface area (Å²) in [6.45, 7) is 2.89. The fraction of sp³-hybridized carbons (Fsp3) is 0.353. The second-order valence-corrected chi connectivity index (χ2v) is 5.66. The summed E-state index contributed by atoms with van der Waals surface area (Å²) in [6.07, 6.45) is 4.69. The van der Waals surface area contributed by atoms with Gasteiger partial charge >= 0.3 is 5.97 Å². The van der Waals surface area contributed by atoms with Crippen LogP contribution in [0.4, 0.5) is 0 Å². The van der Waals surface area contributed by atoms with Gasteiger partial charge in [-0.05, 0) is 58.7 Å². The Balaban J connectivity index is 1.80. The van der Waals surface area contributed by atoms with Crippen molar-refractivity contribution in [2.24, 2.45) is 0 Å². The van der Waals surface area contributed by atoms with Gasteiger partial charge in [0.1, 0.15) is 11.5 Å². The molecule has 0 fully saturated rings. The third kappa shape index (κ3) is 5.22. The summed E-state index contributed by atoms with van der Waals surface area (Å²) in [5, 5.41) is 0. The highest BCUT2D eigenvalue weighted by atomic mass is 79.9. The van der Waals surface area contributed by atoms with Gasteiger partial charge in [-0.15, -0.1) is 0 Å². The van der Waals surface area contributed by atoms with Gasteiger partial charge in [0.15, 0.2) is 4.67 Å². The summed E-state index contributed by atoms with van der Waals surface area (Å²) in [6, 6.07) is 10.2. The van der Waals surface area contributed by atoms with Gasteiger partial charge in [0.25, 0.3) is 0 Å². The van der Waals surface area contributed by atoms with E-state index in [1.54, 1.807) is 36.4 Å². The SMILES string of the molecule is CCCCCCOc1ccc(OC(=O)c2ccc(Br)o2)cc1. The van der Waals surface area contributed by atoms with Crippen LogP contribution in [0.3, 0.4) is 0 Å². The van der Waals surface area contributed by atoms with Crippen LogP contribution in [-0.2, 0) is 0 Å². The Kier molecular flexibility index (Phi) is 6.52. The summed E-state index contributed by atoms with van der Waals surface area (Å²) in [4.78, 5) is 11.8. The van der Waals surface area contributed by atoms with Crippen LogP contribution in [0.2, 0.25) is 0 Å². The molecule has 0 radical (unpaired) electrons. The van der Waals surface area contributed by atoms with Crippen molar-refractivity contribution >= 4 is 21.9 Å². The normalized spacial score (nSPS) is 10.5. The number of esters is 1. The number of carbonyl (C=O) groups excluding carboxylic acids is 1. The predicted molar refractivity (Wildman–Crippen MR) is 87.4 cm³/mol. The maximum atomic E-state index is 11.8. The largest absolute Gasteiger partial charge is 0.494 e. The zero-order chi connectivity index (χ0) is 15.8. The van der Waals surface area contributed by atoms with E-state index < -0.39 is 5.97 Å². The Labute approximate surface area is 138 Å². The number of hydrogen-bond acceptors (Lipinski definition) is 4. The lowest BCUT2D eigenvalue weighted by Crippen LogP contribution is -2.07. The predicted octanol–water partition coefficient (Wildman–Crippen LogP) is 5.22. The average molecular weight is 367 g/mol. The van der Waals surface area contributed by atoms with Crippen LogP contribution in [0.5, 0.6) is 11.5 Å². The maximum absolute atomic E-state index is 11.8. The first-order valence-electron chi connectivity index (χ1n) is 7.39. The minimum Gasteiger partial charge on any atom is -0.494 e. The van der Waals surface area contributed by atoms with Gasteiger partial charge in [-0.3, -0.25) is 0 Å². The number of halogens is 1. The molecule has 22 heavy (non-hydrogen) atoms. The van der Waals surface area contributed by atoms with E-state index in [9.17, 15) is 4.79 Å². The van der Waals surface area contributed by atoms with Crippen LogP contribution < -0.4 is 9.47 Å². The van der Waals surface area contributed by atoms with Crippen molar-refractivity contribution in [3.05, 3.63) is 46.8 Å². The molecule has 4 nitrogen and oxygen atoms in total. The van der Waals surface area contributed by atoms with Gasteiger partial charge in [-0.2, -0.15) is 0 Å². The summed E-state index contributed by atoms with van der Waals surface area (Å²) < 4.78 is 16.5. The van der Waals surface area contributed by atoms with Crippen molar-refractivity contribution in [3.63, 3.8) is 0 Å². The van der Waals surface area contributed by atoms with Crippen molar-refractivity contribution < 1.29 is 18.7 Å². The number of ether oxygens (including phenoxy) is 2. The Bertz CT molecular complexity index is 589. The van der Waals surface area contributed by atoms with Crippen molar-refractivity contribution in [1.29, 1.82) is 0 Å². The van der Waals surface area contributed by atoms with E-state index in [2.05, 4.69) is 22.9 Å². The van der Waals surface area contributed by atoms with Crippen molar-refractivity contribution in [2.45, 2.75) is 32.6 Å². The summed E-state index contributed by atoms with van der Waals surface area (Å²) in [5.74, 6) is 0.856. The van der Waals surface area contributed by atoms with Gasteiger partial charge in [0.2, 0.25) is 5.76 Å². The van der Waals surface area contributed by atoms with Crippen molar-refractivity contribution in [3.8, 4) is 11.5 Å². The summed E-state index contributed by atoms with van der Waals surface area (Å²) in [7, 11) is 0. The molecule has 0 unspecified atom stereocenters. The molecule has 1 aromatic heterocycles. The lowest BCUT2D eigenvalue weighted by molar-refractivity contribution is 0.0700. The number of unbranched alkanes of at least 4 members (excludes halogenated alkanes) is 3. The van der Waals surface area contributed by atoms with Crippen LogP contribution >= 0.6 is 15.9 Å². The highest BCUT2D eigenvalue weighted by Crippen LogP contribution is 2.20.